The number of hydrogen-bond donors (Lipinski definition) is 1. The van der Waals surface area contributed by atoms with E-state index in [-0.39, 0.29) is 17.5 Å². The van der Waals surface area contributed by atoms with E-state index in [0.717, 1.165) is 18.2 Å². The Balaban J connectivity index is 1.54. The Morgan fingerprint density at radius 2 is 1.84 bits per heavy atom. The second kappa shape index (κ2) is 8.53. The van der Waals surface area contributed by atoms with Crippen molar-refractivity contribution < 1.29 is 35.9 Å². The van der Waals surface area contributed by atoms with Crippen molar-refractivity contribution in [2.45, 2.75) is 6.18 Å². The molecule has 4 rings (SSSR count). The normalized spacial score (nSPS) is 11.4. The van der Waals surface area contributed by atoms with Gasteiger partial charge in [-0.1, -0.05) is 6.07 Å². The van der Waals surface area contributed by atoms with Gasteiger partial charge in [-0.15, -0.1) is 10.2 Å². The summed E-state index contributed by atoms with van der Waals surface area (Å²) in [5, 5.41) is 10.3. The summed E-state index contributed by atoms with van der Waals surface area (Å²) in [4.78, 5) is 12.6. The number of alkyl halides is 3. The number of rotatable bonds is 6. The second-order valence-electron chi connectivity index (χ2n) is 6.47. The van der Waals surface area contributed by atoms with Crippen molar-refractivity contribution in [2.24, 2.45) is 0 Å². The highest BCUT2D eigenvalue weighted by Crippen LogP contribution is 2.27. The van der Waals surface area contributed by atoms with Gasteiger partial charge in [0.15, 0.2) is 12.4 Å². The van der Waals surface area contributed by atoms with E-state index in [1.54, 1.807) is 24.3 Å². The van der Waals surface area contributed by atoms with Crippen molar-refractivity contribution in [1.82, 2.24) is 10.2 Å². The summed E-state index contributed by atoms with van der Waals surface area (Å²) in [5.41, 5.74) is 0.328. The van der Waals surface area contributed by atoms with Crippen LogP contribution in [0, 0.1) is 5.82 Å². The summed E-state index contributed by atoms with van der Waals surface area (Å²) in [5.74, 6) is -1.39. The molecule has 0 saturated carbocycles. The maximum atomic E-state index is 13.6. The Morgan fingerprint density at radius 3 is 2.59 bits per heavy atom. The smallest absolute Gasteiger partial charge is 0.422 e. The number of carbonyl (C=O) groups is 1. The van der Waals surface area contributed by atoms with E-state index >= 15 is 0 Å². The van der Waals surface area contributed by atoms with E-state index in [9.17, 15) is 22.4 Å². The number of nitrogens with zero attached hydrogens (tertiary/aromatic N) is 2. The summed E-state index contributed by atoms with van der Waals surface area (Å²) in [6.07, 6.45) is -3.16. The highest BCUT2D eigenvalue weighted by atomic mass is 19.4. The monoisotopic (exact) mass is 447 g/mol. The third kappa shape index (κ3) is 4.94. The predicted molar refractivity (Wildman–Crippen MR) is 103 cm³/mol. The third-order valence-electron chi connectivity index (χ3n) is 4.10. The average Bonchev–Trinajstić information content (AvgIpc) is 3.44. The van der Waals surface area contributed by atoms with Crippen LogP contribution in [0.15, 0.2) is 69.7 Å². The lowest BCUT2D eigenvalue weighted by molar-refractivity contribution is -0.153. The van der Waals surface area contributed by atoms with Crippen molar-refractivity contribution >= 4 is 11.6 Å². The van der Waals surface area contributed by atoms with Gasteiger partial charge in [0.25, 0.3) is 11.8 Å². The quantitative estimate of drug-likeness (QED) is 0.402. The van der Waals surface area contributed by atoms with Gasteiger partial charge in [-0.05, 0) is 48.5 Å². The van der Waals surface area contributed by atoms with Gasteiger partial charge in [0.05, 0.1) is 11.8 Å². The molecule has 1 N–H and O–H groups in total. The minimum Gasteiger partial charge on any atom is -0.483 e. The van der Waals surface area contributed by atoms with Crippen LogP contribution in [0.4, 0.5) is 23.2 Å². The summed E-state index contributed by atoms with van der Waals surface area (Å²) >= 11 is 0. The van der Waals surface area contributed by atoms with E-state index in [0.29, 0.717) is 11.3 Å². The molecule has 0 aliphatic carbocycles. The first-order valence-corrected chi connectivity index (χ1v) is 9.07. The fourth-order valence-corrected chi connectivity index (χ4v) is 2.73. The Hall–Kier alpha value is -4.15. The van der Waals surface area contributed by atoms with Crippen LogP contribution in [0.25, 0.3) is 23.1 Å². The summed E-state index contributed by atoms with van der Waals surface area (Å²) in [7, 11) is 0. The van der Waals surface area contributed by atoms with Crippen LogP contribution in [0.2, 0.25) is 0 Å². The van der Waals surface area contributed by atoms with Crippen LogP contribution < -0.4 is 10.1 Å². The molecule has 1 amide bonds. The lowest BCUT2D eigenvalue weighted by Gasteiger charge is -2.13. The Bertz CT molecular complexity index is 1240. The molecule has 0 saturated heterocycles. The maximum Gasteiger partial charge on any atom is 0.422 e. The first-order valence-electron chi connectivity index (χ1n) is 9.07. The van der Waals surface area contributed by atoms with Gasteiger partial charge in [-0.25, -0.2) is 4.39 Å². The standard InChI is InChI=1S/C21H13F4N3O4/c22-13-6-7-16(31-11-21(23,24)25)15(10-13)18(29)26-14-4-1-3-12(9-14)19-27-28-20(32-19)17-5-2-8-30-17/h1-10H,11H2,(H,26,29). The topological polar surface area (TPSA) is 90.4 Å². The second-order valence-corrected chi connectivity index (χ2v) is 6.47. The minimum absolute atomic E-state index is 0.146. The molecule has 0 bridgehead atoms. The number of amides is 1. The molecule has 0 unspecified atom stereocenters. The van der Waals surface area contributed by atoms with Crippen molar-refractivity contribution in [3.63, 3.8) is 0 Å². The van der Waals surface area contributed by atoms with Gasteiger partial charge in [0, 0.05) is 11.3 Å². The fraction of sp³-hybridized carbons (Fsp3) is 0.0952. The highest BCUT2D eigenvalue weighted by Gasteiger charge is 2.29. The SMILES string of the molecule is O=C(Nc1cccc(-c2nnc(-c3ccco3)o2)c1)c1cc(F)ccc1OCC(F)(F)F. The van der Waals surface area contributed by atoms with Crippen LogP contribution in [-0.2, 0) is 0 Å². The Morgan fingerprint density at radius 1 is 1.03 bits per heavy atom. The van der Waals surface area contributed by atoms with E-state index < -0.39 is 35.8 Å². The molecule has 0 atom stereocenters. The van der Waals surface area contributed by atoms with Crippen molar-refractivity contribution in [3.05, 3.63) is 72.2 Å². The van der Waals surface area contributed by atoms with Crippen LogP contribution in [-0.4, -0.2) is 28.9 Å². The molecule has 2 heterocycles. The zero-order valence-electron chi connectivity index (χ0n) is 16.0. The summed E-state index contributed by atoms with van der Waals surface area (Å²) in [6, 6.07) is 12.2. The number of benzene rings is 2. The zero-order valence-corrected chi connectivity index (χ0v) is 16.0. The van der Waals surface area contributed by atoms with Crippen molar-refractivity contribution in [3.8, 4) is 28.9 Å². The number of hydrogen-bond acceptors (Lipinski definition) is 6. The van der Waals surface area contributed by atoms with Crippen LogP contribution in [0.3, 0.4) is 0 Å². The van der Waals surface area contributed by atoms with E-state index in [1.807, 2.05) is 0 Å². The van der Waals surface area contributed by atoms with E-state index in [2.05, 4.69) is 20.3 Å². The number of carbonyl (C=O) groups excluding carboxylic acids is 1. The number of nitrogens with one attached hydrogen (secondary N) is 1. The summed E-state index contributed by atoms with van der Waals surface area (Å²) in [6.45, 7) is -1.62. The van der Waals surface area contributed by atoms with E-state index in [1.165, 1.54) is 18.4 Å². The first kappa shape index (κ1) is 21.1. The molecule has 7 nitrogen and oxygen atoms in total. The molecule has 0 fully saturated rings. The van der Waals surface area contributed by atoms with Gasteiger partial charge in [-0.2, -0.15) is 13.2 Å². The van der Waals surface area contributed by atoms with Gasteiger partial charge in [0.2, 0.25) is 5.89 Å². The molecule has 32 heavy (non-hydrogen) atoms. The highest BCUT2D eigenvalue weighted by molar-refractivity contribution is 6.06. The van der Waals surface area contributed by atoms with Crippen LogP contribution >= 0.6 is 0 Å². The maximum absolute atomic E-state index is 13.6. The minimum atomic E-state index is -4.62. The largest absolute Gasteiger partial charge is 0.483 e. The molecule has 0 radical (unpaired) electrons. The number of halogens is 4. The zero-order chi connectivity index (χ0) is 22.7. The van der Waals surface area contributed by atoms with Crippen molar-refractivity contribution in [1.29, 1.82) is 0 Å². The fourth-order valence-electron chi connectivity index (χ4n) is 2.73. The molecule has 0 aliphatic heterocycles. The molecule has 0 aliphatic rings. The number of furan rings is 1. The van der Waals surface area contributed by atoms with Gasteiger partial charge in [0.1, 0.15) is 11.6 Å². The van der Waals surface area contributed by atoms with Gasteiger partial charge >= 0.3 is 6.18 Å². The number of ether oxygens (including phenoxy) is 1. The van der Waals surface area contributed by atoms with E-state index in [4.69, 9.17) is 8.83 Å². The molecule has 2 aromatic heterocycles. The Labute approximate surface area is 177 Å². The average molecular weight is 447 g/mol. The molecule has 11 heteroatoms. The lowest BCUT2D eigenvalue weighted by atomic mass is 10.1. The molecule has 4 aromatic rings. The predicted octanol–water partition coefficient (Wildman–Crippen LogP) is 5.33. The molecular weight excluding hydrogens is 434 g/mol. The van der Waals surface area contributed by atoms with Gasteiger partial charge in [-0.3, -0.25) is 4.79 Å². The van der Waals surface area contributed by atoms with Crippen LogP contribution in [0.5, 0.6) is 5.75 Å². The number of anilines is 1. The third-order valence-corrected chi connectivity index (χ3v) is 4.10. The number of aromatic nitrogens is 2. The van der Waals surface area contributed by atoms with Crippen molar-refractivity contribution in [2.75, 3.05) is 11.9 Å². The lowest BCUT2D eigenvalue weighted by Crippen LogP contribution is -2.21. The summed E-state index contributed by atoms with van der Waals surface area (Å²) < 4.78 is 66.4. The first-order chi connectivity index (χ1) is 15.3. The molecule has 164 valence electrons. The van der Waals surface area contributed by atoms with Crippen LogP contribution in [0.1, 0.15) is 10.4 Å². The molecule has 2 aromatic carbocycles. The molecule has 0 spiro atoms. The Kier molecular flexibility index (Phi) is 5.63. The molecular formula is C21H13F4N3O4. The van der Waals surface area contributed by atoms with Gasteiger partial charge < -0.3 is 18.9 Å².